The molecule has 0 aliphatic carbocycles. The fourth-order valence-electron chi connectivity index (χ4n) is 4.32. The van der Waals surface area contributed by atoms with Gasteiger partial charge in [0.25, 0.3) is 0 Å². The normalized spacial score (nSPS) is 25.0. The van der Waals surface area contributed by atoms with Gasteiger partial charge in [-0.1, -0.05) is 37.3 Å². The summed E-state index contributed by atoms with van der Waals surface area (Å²) in [6.45, 7) is 3.56. The number of pyridine rings is 1. The molecule has 0 unspecified atom stereocenters. The number of hydrogen-bond donors (Lipinski definition) is 3. The number of carbonyl (C=O) groups is 1. The van der Waals surface area contributed by atoms with Crippen molar-refractivity contribution in [2.75, 3.05) is 5.73 Å². The van der Waals surface area contributed by atoms with E-state index in [9.17, 15) is 15.0 Å². The van der Waals surface area contributed by atoms with E-state index in [1.54, 1.807) is 25.4 Å². The van der Waals surface area contributed by atoms with Gasteiger partial charge in [0.15, 0.2) is 11.6 Å². The van der Waals surface area contributed by atoms with E-state index in [4.69, 9.17) is 10.5 Å². The zero-order chi connectivity index (χ0) is 23.6. The van der Waals surface area contributed by atoms with Crippen LogP contribution in [-0.2, 0) is 11.2 Å². The minimum Gasteiger partial charge on any atom is -0.396 e. The third kappa shape index (κ3) is 4.50. The van der Waals surface area contributed by atoms with E-state index in [0.717, 1.165) is 11.1 Å². The van der Waals surface area contributed by atoms with Crippen LogP contribution in [0.15, 0.2) is 55.0 Å². The quantitative estimate of drug-likeness (QED) is 0.491. The molecule has 0 bridgehead atoms. The zero-order valence-electron chi connectivity index (χ0n) is 18.7. The van der Waals surface area contributed by atoms with Crippen LogP contribution in [0.5, 0.6) is 0 Å². The minimum absolute atomic E-state index is 0.0149. The van der Waals surface area contributed by atoms with Crippen molar-refractivity contribution in [3.63, 3.8) is 0 Å². The van der Waals surface area contributed by atoms with E-state index in [0.29, 0.717) is 17.8 Å². The number of nitrogen functional groups attached to an aromatic ring is 1. The van der Waals surface area contributed by atoms with Gasteiger partial charge in [0.1, 0.15) is 11.3 Å². The molecule has 4 N–H and O–H groups in total. The van der Waals surface area contributed by atoms with Crippen LogP contribution in [-0.4, -0.2) is 48.8 Å². The monoisotopic (exact) mass is 448 g/mol. The summed E-state index contributed by atoms with van der Waals surface area (Å²) < 4.78 is 6.08. The lowest BCUT2D eigenvalue weighted by molar-refractivity contribution is -0.224. The summed E-state index contributed by atoms with van der Waals surface area (Å²) in [5.41, 5.74) is 7.29. The van der Waals surface area contributed by atoms with E-state index in [2.05, 4.69) is 15.0 Å². The van der Waals surface area contributed by atoms with Crippen LogP contribution in [0.1, 0.15) is 54.4 Å². The summed E-state index contributed by atoms with van der Waals surface area (Å²) in [5, 5.41) is 21.3. The molecule has 1 aliphatic rings. The SMILES string of the molecule is CC[C@]1(O)[C@H](O)C[C@H](c2ccncc2CC(=O)c2nc(-c3ccccc3)ncc2N)O[C@@H]1C. The van der Waals surface area contributed by atoms with Gasteiger partial charge in [0.05, 0.1) is 30.2 Å². The number of rotatable bonds is 6. The number of ketones is 1. The van der Waals surface area contributed by atoms with Crippen molar-refractivity contribution in [1.29, 1.82) is 0 Å². The average molecular weight is 449 g/mol. The Labute approximate surface area is 192 Å². The Morgan fingerprint density at radius 1 is 1.24 bits per heavy atom. The molecular weight excluding hydrogens is 420 g/mol. The summed E-state index contributed by atoms with van der Waals surface area (Å²) in [5.74, 6) is 0.154. The molecule has 0 radical (unpaired) electrons. The number of nitrogens with zero attached hydrogens (tertiary/aromatic N) is 3. The van der Waals surface area contributed by atoms with E-state index < -0.39 is 23.9 Å². The second-order valence-corrected chi connectivity index (χ2v) is 8.40. The van der Waals surface area contributed by atoms with Gasteiger partial charge in [-0.15, -0.1) is 0 Å². The molecule has 4 atom stereocenters. The number of Topliss-reactive ketones (excluding diaryl/α,β-unsaturated/α-hetero) is 1. The first kappa shape index (κ1) is 23.0. The Kier molecular flexibility index (Phi) is 6.51. The highest BCUT2D eigenvalue weighted by Gasteiger charge is 2.47. The Bertz CT molecular complexity index is 1130. The van der Waals surface area contributed by atoms with Gasteiger partial charge in [-0.3, -0.25) is 9.78 Å². The van der Waals surface area contributed by atoms with Gasteiger partial charge in [-0.25, -0.2) is 9.97 Å². The Balaban J connectivity index is 1.60. The standard InChI is InChI=1S/C25H28N4O4/c1-3-25(32)15(2)33-21(12-22(25)31)18-9-10-27-13-17(18)11-20(30)23-19(26)14-28-24(29-23)16-7-5-4-6-8-16/h4-10,13-15,21-22,31-32H,3,11-12,26H2,1-2H3/t15-,21-,22-,25-/m1/s1. The molecule has 33 heavy (non-hydrogen) atoms. The van der Waals surface area contributed by atoms with Crippen LogP contribution in [0.25, 0.3) is 11.4 Å². The number of nitrogens with two attached hydrogens (primary N) is 1. The topological polar surface area (TPSA) is 131 Å². The van der Waals surface area contributed by atoms with Crippen LogP contribution < -0.4 is 5.73 Å². The van der Waals surface area contributed by atoms with Crippen molar-refractivity contribution in [3.8, 4) is 11.4 Å². The second kappa shape index (κ2) is 9.35. The maximum Gasteiger partial charge on any atom is 0.187 e. The van der Waals surface area contributed by atoms with Crippen LogP contribution in [0.2, 0.25) is 0 Å². The predicted octanol–water partition coefficient (Wildman–Crippen LogP) is 2.90. The van der Waals surface area contributed by atoms with E-state index >= 15 is 0 Å². The Hall–Kier alpha value is -3.20. The number of aliphatic hydroxyl groups is 2. The van der Waals surface area contributed by atoms with Gasteiger partial charge in [0.2, 0.25) is 0 Å². The number of ether oxygens (including phenoxy) is 1. The first-order valence-corrected chi connectivity index (χ1v) is 11.0. The van der Waals surface area contributed by atoms with Crippen LogP contribution >= 0.6 is 0 Å². The predicted molar refractivity (Wildman–Crippen MR) is 123 cm³/mol. The third-order valence-electron chi connectivity index (χ3n) is 6.41. The van der Waals surface area contributed by atoms with Crippen molar-refractivity contribution >= 4 is 11.5 Å². The Morgan fingerprint density at radius 2 is 2.00 bits per heavy atom. The van der Waals surface area contributed by atoms with Crippen molar-refractivity contribution in [3.05, 3.63) is 71.8 Å². The summed E-state index contributed by atoms with van der Waals surface area (Å²) in [6.07, 6.45) is 3.30. The number of benzene rings is 1. The molecule has 1 fully saturated rings. The smallest absolute Gasteiger partial charge is 0.187 e. The molecule has 2 aromatic heterocycles. The van der Waals surface area contributed by atoms with Gasteiger partial charge in [0, 0.05) is 30.8 Å². The van der Waals surface area contributed by atoms with Gasteiger partial charge >= 0.3 is 0 Å². The van der Waals surface area contributed by atoms with Crippen LogP contribution in [0.4, 0.5) is 5.69 Å². The lowest BCUT2D eigenvalue weighted by Crippen LogP contribution is -2.56. The molecule has 8 heteroatoms. The van der Waals surface area contributed by atoms with Crippen molar-refractivity contribution < 1.29 is 19.7 Å². The molecule has 4 rings (SSSR count). The Morgan fingerprint density at radius 3 is 2.70 bits per heavy atom. The minimum atomic E-state index is -1.30. The summed E-state index contributed by atoms with van der Waals surface area (Å²) >= 11 is 0. The maximum absolute atomic E-state index is 13.2. The molecule has 0 spiro atoms. The average Bonchev–Trinajstić information content (AvgIpc) is 2.83. The molecular formula is C25H28N4O4. The van der Waals surface area contributed by atoms with E-state index in [1.165, 1.54) is 6.20 Å². The summed E-state index contributed by atoms with van der Waals surface area (Å²) in [4.78, 5) is 26.1. The highest BCUT2D eigenvalue weighted by molar-refractivity contribution is 6.00. The van der Waals surface area contributed by atoms with Gasteiger partial charge in [-0.05, 0) is 30.5 Å². The lowest BCUT2D eigenvalue weighted by atomic mass is 9.81. The molecule has 1 saturated heterocycles. The number of anilines is 1. The second-order valence-electron chi connectivity index (χ2n) is 8.40. The molecule has 1 aliphatic heterocycles. The number of aliphatic hydroxyl groups excluding tert-OH is 1. The molecule has 172 valence electrons. The van der Waals surface area contributed by atoms with E-state index in [1.807, 2.05) is 37.3 Å². The molecule has 0 saturated carbocycles. The van der Waals surface area contributed by atoms with Crippen molar-refractivity contribution in [2.24, 2.45) is 0 Å². The van der Waals surface area contributed by atoms with Crippen molar-refractivity contribution in [1.82, 2.24) is 15.0 Å². The van der Waals surface area contributed by atoms with Gasteiger partial charge in [-0.2, -0.15) is 0 Å². The number of aromatic nitrogens is 3. The first-order valence-electron chi connectivity index (χ1n) is 11.0. The van der Waals surface area contributed by atoms with Gasteiger partial charge < -0.3 is 20.7 Å². The molecule has 1 aromatic carbocycles. The first-order chi connectivity index (χ1) is 15.8. The summed E-state index contributed by atoms with van der Waals surface area (Å²) in [7, 11) is 0. The maximum atomic E-state index is 13.2. The third-order valence-corrected chi connectivity index (χ3v) is 6.41. The number of carbonyl (C=O) groups excluding carboxylic acids is 1. The van der Waals surface area contributed by atoms with E-state index in [-0.39, 0.29) is 30.0 Å². The molecule has 3 heterocycles. The zero-order valence-corrected chi connectivity index (χ0v) is 18.7. The highest BCUT2D eigenvalue weighted by atomic mass is 16.5. The molecule has 8 nitrogen and oxygen atoms in total. The molecule has 0 amide bonds. The fourth-order valence-corrected chi connectivity index (χ4v) is 4.32. The van der Waals surface area contributed by atoms with Crippen LogP contribution in [0, 0.1) is 0 Å². The fraction of sp³-hybridized carbons (Fsp3) is 0.360. The molecule has 3 aromatic rings. The largest absolute Gasteiger partial charge is 0.396 e. The van der Waals surface area contributed by atoms with Crippen molar-refractivity contribution in [2.45, 2.75) is 57.0 Å². The lowest BCUT2D eigenvalue weighted by Gasteiger charge is -2.45. The summed E-state index contributed by atoms with van der Waals surface area (Å²) in [6, 6.07) is 11.1. The number of hydrogen-bond acceptors (Lipinski definition) is 8. The highest BCUT2D eigenvalue weighted by Crippen LogP contribution is 2.39. The van der Waals surface area contributed by atoms with Crippen LogP contribution in [0.3, 0.4) is 0 Å².